The summed E-state index contributed by atoms with van der Waals surface area (Å²) in [5.41, 5.74) is 3.41. The van der Waals surface area contributed by atoms with Crippen LogP contribution in [-0.4, -0.2) is 44.3 Å². The lowest BCUT2D eigenvalue weighted by atomic mass is 10.2. The molecule has 0 aliphatic carbocycles. The van der Waals surface area contributed by atoms with E-state index in [-0.39, 0.29) is 5.75 Å². The summed E-state index contributed by atoms with van der Waals surface area (Å²) in [4.78, 5) is 36.8. The third-order valence-corrected chi connectivity index (χ3v) is 4.81. The summed E-state index contributed by atoms with van der Waals surface area (Å²) >= 11 is 0. The molecule has 3 aromatic rings. The minimum Gasteiger partial charge on any atom is -0.495 e. The zero-order valence-corrected chi connectivity index (χ0v) is 20.6. The molecule has 0 aromatic heterocycles. The predicted molar refractivity (Wildman–Crippen MR) is 138 cm³/mol. The number of benzene rings is 3. The van der Waals surface area contributed by atoms with E-state index < -0.39 is 17.8 Å². The molecule has 0 spiro atoms. The van der Waals surface area contributed by atoms with Crippen molar-refractivity contribution in [1.29, 1.82) is 0 Å². The van der Waals surface area contributed by atoms with Gasteiger partial charge in [-0.25, -0.2) is 10.2 Å². The molecule has 0 aliphatic rings. The van der Waals surface area contributed by atoms with E-state index in [0.29, 0.717) is 47.3 Å². The van der Waals surface area contributed by atoms with Crippen LogP contribution in [0.25, 0.3) is 0 Å². The van der Waals surface area contributed by atoms with E-state index in [1.807, 2.05) is 6.92 Å². The van der Waals surface area contributed by atoms with Gasteiger partial charge in [-0.15, -0.1) is 0 Å². The Balaban J connectivity index is 1.63. The van der Waals surface area contributed by atoms with Crippen LogP contribution >= 0.6 is 0 Å². The predicted octanol–water partition coefficient (Wildman–Crippen LogP) is 3.80. The van der Waals surface area contributed by atoms with Gasteiger partial charge in [0, 0.05) is 0 Å². The van der Waals surface area contributed by atoms with E-state index in [1.165, 1.54) is 13.3 Å². The molecular weight excluding hydrogens is 478 g/mol. The molecule has 0 heterocycles. The Kier molecular flexibility index (Phi) is 9.60. The van der Waals surface area contributed by atoms with Crippen LogP contribution in [0.5, 0.6) is 23.0 Å². The number of para-hydroxylation sites is 2. The van der Waals surface area contributed by atoms with Crippen LogP contribution in [0.3, 0.4) is 0 Å². The first kappa shape index (κ1) is 26.7. The van der Waals surface area contributed by atoms with Gasteiger partial charge in [0.05, 0.1) is 37.8 Å². The average molecular weight is 506 g/mol. The normalized spacial score (nSPS) is 10.5. The van der Waals surface area contributed by atoms with Gasteiger partial charge in [-0.3, -0.25) is 9.59 Å². The summed E-state index contributed by atoms with van der Waals surface area (Å²) in [6.45, 7) is 4.52. The number of hydrogen-bond donors (Lipinski definition) is 2. The number of esters is 1. The molecular formula is C27H27N3O7. The lowest BCUT2D eigenvalue weighted by molar-refractivity contribution is -0.136. The van der Waals surface area contributed by atoms with Gasteiger partial charge in [0.25, 0.3) is 0 Å². The standard InChI is InChI=1S/C27H27N3O7/c1-4-35-20-13-11-19(12-14-20)27(33)37-23-15-10-18(16-24(23)36-5-2)17-28-30-26(32)25(31)29-21-8-6-7-9-22(21)34-3/h6-17H,4-5H2,1-3H3,(H,29,31)(H,30,32)/b28-17-. The molecule has 192 valence electrons. The molecule has 3 rings (SSSR count). The third-order valence-electron chi connectivity index (χ3n) is 4.81. The Hall–Kier alpha value is -4.86. The highest BCUT2D eigenvalue weighted by molar-refractivity contribution is 6.39. The Labute approximate surface area is 214 Å². The van der Waals surface area contributed by atoms with Crippen molar-refractivity contribution in [3.63, 3.8) is 0 Å². The number of amides is 2. The molecule has 0 saturated heterocycles. The Morgan fingerprint density at radius 3 is 2.27 bits per heavy atom. The molecule has 10 nitrogen and oxygen atoms in total. The number of nitrogens with zero attached hydrogens (tertiary/aromatic N) is 1. The Morgan fingerprint density at radius 1 is 0.838 bits per heavy atom. The van der Waals surface area contributed by atoms with Crippen molar-refractivity contribution < 1.29 is 33.3 Å². The summed E-state index contributed by atoms with van der Waals surface area (Å²) in [5.74, 6) is -0.829. The molecule has 10 heteroatoms. The van der Waals surface area contributed by atoms with Crippen LogP contribution in [0.4, 0.5) is 5.69 Å². The number of anilines is 1. The topological polar surface area (TPSA) is 125 Å². The summed E-state index contributed by atoms with van der Waals surface area (Å²) in [6.07, 6.45) is 1.33. The van der Waals surface area contributed by atoms with Gasteiger partial charge in [-0.05, 0) is 74.0 Å². The van der Waals surface area contributed by atoms with E-state index in [0.717, 1.165) is 0 Å². The van der Waals surface area contributed by atoms with Gasteiger partial charge in [0.2, 0.25) is 0 Å². The van der Waals surface area contributed by atoms with Crippen molar-refractivity contribution in [3.05, 3.63) is 77.9 Å². The van der Waals surface area contributed by atoms with Gasteiger partial charge >= 0.3 is 17.8 Å². The number of hydrazone groups is 1. The number of methoxy groups -OCH3 is 1. The second kappa shape index (κ2) is 13.3. The minimum absolute atomic E-state index is 0.220. The first-order chi connectivity index (χ1) is 17.9. The molecule has 37 heavy (non-hydrogen) atoms. The highest BCUT2D eigenvalue weighted by Gasteiger charge is 2.16. The van der Waals surface area contributed by atoms with Crippen LogP contribution in [0.1, 0.15) is 29.8 Å². The van der Waals surface area contributed by atoms with Crippen molar-refractivity contribution >= 4 is 29.7 Å². The van der Waals surface area contributed by atoms with Gasteiger partial charge < -0.3 is 24.3 Å². The maximum Gasteiger partial charge on any atom is 0.343 e. The summed E-state index contributed by atoms with van der Waals surface area (Å²) in [7, 11) is 1.46. The SMILES string of the molecule is CCOc1ccc(C(=O)Oc2ccc(/C=N\NC(=O)C(=O)Nc3ccccc3OC)cc2OCC)cc1. The first-order valence-corrected chi connectivity index (χ1v) is 11.4. The number of ether oxygens (including phenoxy) is 4. The zero-order valence-electron chi connectivity index (χ0n) is 20.6. The Morgan fingerprint density at radius 2 is 1.57 bits per heavy atom. The van der Waals surface area contributed by atoms with Crippen molar-refractivity contribution in [2.24, 2.45) is 5.10 Å². The molecule has 0 atom stereocenters. The van der Waals surface area contributed by atoms with E-state index in [4.69, 9.17) is 18.9 Å². The smallest absolute Gasteiger partial charge is 0.343 e. The van der Waals surface area contributed by atoms with Gasteiger partial charge in [0.15, 0.2) is 11.5 Å². The summed E-state index contributed by atoms with van der Waals surface area (Å²) in [6, 6.07) is 18.1. The van der Waals surface area contributed by atoms with Crippen LogP contribution in [-0.2, 0) is 9.59 Å². The Bertz CT molecular complexity index is 1270. The van der Waals surface area contributed by atoms with Crippen LogP contribution in [0, 0.1) is 0 Å². The first-order valence-electron chi connectivity index (χ1n) is 11.4. The van der Waals surface area contributed by atoms with Crippen molar-refractivity contribution in [2.45, 2.75) is 13.8 Å². The maximum atomic E-state index is 12.6. The highest BCUT2D eigenvalue weighted by Crippen LogP contribution is 2.29. The molecule has 0 saturated carbocycles. The van der Waals surface area contributed by atoms with Gasteiger partial charge in [-0.2, -0.15) is 5.10 Å². The van der Waals surface area contributed by atoms with E-state index in [2.05, 4.69) is 15.8 Å². The monoisotopic (exact) mass is 505 g/mol. The van der Waals surface area contributed by atoms with Crippen LogP contribution in [0.2, 0.25) is 0 Å². The third kappa shape index (κ3) is 7.56. The molecule has 0 fully saturated rings. The fourth-order valence-corrected chi connectivity index (χ4v) is 3.11. The second-order valence-corrected chi connectivity index (χ2v) is 7.34. The van der Waals surface area contributed by atoms with Crippen molar-refractivity contribution in [2.75, 3.05) is 25.6 Å². The number of carbonyl (C=O) groups excluding carboxylic acids is 3. The van der Waals surface area contributed by atoms with Gasteiger partial charge in [-0.1, -0.05) is 12.1 Å². The quantitative estimate of drug-likeness (QED) is 0.141. The average Bonchev–Trinajstić information content (AvgIpc) is 2.91. The van der Waals surface area contributed by atoms with Crippen LogP contribution < -0.4 is 29.7 Å². The molecule has 2 amide bonds. The maximum absolute atomic E-state index is 12.6. The van der Waals surface area contributed by atoms with Crippen LogP contribution in [0.15, 0.2) is 71.8 Å². The largest absolute Gasteiger partial charge is 0.495 e. The molecule has 0 radical (unpaired) electrons. The summed E-state index contributed by atoms with van der Waals surface area (Å²) in [5, 5.41) is 6.28. The number of hydrogen-bond acceptors (Lipinski definition) is 8. The lowest BCUT2D eigenvalue weighted by Crippen LogP contribution is -2.32. The number of rotatable bonds is 10. The summed E-state index contributed by atoms with van der Waals surface area (Å²) < 4.78 is 21.6. The number of carbonyl (C=O) groups is 3. The van der Waals surface area contributed by atoms with Crippen molar-refractivity contribution in [3.8, 4) is 23.0 Å². The fraction of sp³-hybridized carbons (Fsp3) is 0.185. The zero-order chi connectivity index (χ0) is 26.6. The highest BCUT2D eigenvalue weighted by atomic mass is 16.6. The lowest BCUT2D eigenvalue weighted by Gasteiger charge is -2.11. The van der Waals surface area contributed by atoms with E-state index in [9.17, 15) is 14.4 Å². The second-order valence-electron chi connectivity index (χ2n) is 7.34. The molecule has 3 aromatic carbocycles. The van der Waals surface area contributed by atoms with E-state index in [1.54, 1.807) is 73.7 Å². The molecule has 0 unspecified atom stereocenters. The fourth-order valence-electron chi connectivity index (χ4n) is 3.11. The van der Waals surface area contributed by atoms with E-state index >= 15 is 0 Å². The number of nitrogens with one attached hydrogen (secondary N) is 2. The van der Waals surface area contributed by atoms with Crippen molar-refractivity contribution in [1.82, 2.24) is 5.43 Å². The molecule has 2 N–H and O–H groups in total. The minimum atomic E-state index is -0.965. The molecule has 0 aliphatic heterocycles. The molecule has 0 bridgehead atoms. The van der Waals surface area contributed by atoms with Gasteiger partial charge in [0.1, 0.15) is 11.5 Å².